The molecule has 0 spiro atoms. The Kier molecular flexibility index (Phi) is 5.49. The Hall–Kier alpha value is -1.47. The normalized spacial score (nSPS) is 12.6. The molecule has 2 heterocycles. The van der Waals surface area contributed by atoms with E-state index in [1.54, 1.807) is 13.3 Å². The maximum absolute atomic E-state index is 5.46. The number of nitrogens with one attached hydrogen (secondary N) is 1. The van der Waals surface area contributed by atoms with E-state index in [1.807, 2.05) is 10.1 Å². The van der Waals surface area contributed by atoms with Gasteiger partial charge in [0.05, 0.1) is 25.0 Å². The molecule has 110 valence electrons. The number of hydrogen-bond donors (Lipinski definition) is 1. The monoisotopic (exact) mass is 295 g/mol. The zero-order valence-electron chi connectivity index (χ0n) is 12.2. The molecule has 0 saturated heterocycles. The summed E-state index contributed by atoms with van der Waals surface area (Å²) in [5, 5.41) is 14.1. The average molecular weight is 295 g/mol. The summed E-state index contributed by atoms with van der Waals surface area (Å²) in [6.45, 7) is 6.05. The third kappa shape index (κ3) is 3.16. The minimum absolute atomic E-state index is 0.0299. The van der Waals surface area contributed by atoms with Crippen LogP contribution in [0.3, 0.4) is 0 Å². The maximum atomic E-state index is 5.46. The Morgan fingerprint density at radius 3 is 2.85 bits per heavy atom. The summed E-state index contributed by atoms with van der Waals surface area (Å²) in [4.78, 5) is 0. The molecule has 0 fully saturated rings. The van der Waals surface area contributed by atoms with Gasteiger partial charge in [0.25, 0.3) is 0 Å². The van der Waals surface area contributed by atoms with Crippen LogP contribution in [0, 0.1) is 0 Å². The second kappa shape index (κ2) is 7.35. The zero-order valence-corrected chi connectivity index (χ0v) is 13.0. The van der Waals surface area contributed by atoms with E-state index in [0.29, 0.717) is 0 Å². The summed E-state index contributed by atoms with van der Waals surface area (Å²) in [7, 11) is 1.67. The minimum atomic E-state index is -0.0299. The van der Waals surface area contributed by atoms with E-state index < -0.39 is 0 Å². The highest BCUT2D eigenvalue weighted by Gasteiger charge is 2.24. The van der Waals surface area contributed by atoms with Crippen molar-refractivity contribution in [2.24, 2.45) is 0 Å². The van der Waals surface area contributed by atoms with Crippen LogP contribution >= 0.6 is 11.5 Å². The minimum Gasteiger partial charge on any atom is -0.493 e. The smallest absolute Gasteiger partial charge is 0.161 e. The van der Waals surface area contributed by atoms with Crippen molar-refractivity contribution >= 4 is 11.5 Å². The molecule has 0 aliphatic rings. The predicted molar refractivity (Wildman–Crippen MR) is 79.1 cm³/mol. The lowest BCUT2D eigenvalue weighted by Gasteiger charge is -2.19. The lowest BCUT2D eigenvalue weighted by Crippen LogP contribution is -2.26. The molecule has 2 aromatic rings. The third-order valence-electron chi connectivity index (χ3n) is 3.04. The van der Waals surface area contributed by atoms with Gasteiger partial charge in [0, 0.05) is 11.9 Å². The first kappa shape index (κ1) is 14.9. The third-order valence-corrected chi connectivity index (χ3v) is 3.57. The maximum Gasteiger partial charge on any atom is 0.161 e. The molecule has 0 aliphatic heterocycles. The van der Waals surface area contributed by atoms with Gasteiger partial charge in [-0.1, -0.05) is 18.3 Å². The van der Waals surface area contributed by atoms with Gasteiger partial charge in [-0.25, -0.2) is 0 Å². The molecule has 0 radical (unpaired) electrons. The van der Waals surface area contributed by atoms with E-state index in [-0.39, 0.29) is 6.04 Å². The first-order valence-corrected chi connectivity index (χ1v) is 7.75. The molecule has 6 nitrogen and oxygen atoms in total. The van der Waals surface area contributed by atoms with Crippen molar-refractivity contribution in [1.29, 1.82) is 0 Å². The van der Waals surface area contributed by atoms with Crippen LogP contribution in [0.5, 0.6) is 5.75 Å². The van der Waals surface area contributed by atoms with Gasteiger partial charge in [0.15, 0.2) is 5.75 Å². The highest BCUT2D eigenvalue weighted by atomic mass is 32.1. The molecule has 2 aromatic heterocycles. The molecule has 0 aliphatic carbocycles. The summed E-state index contributed by atoms with van der Waals surface area (Å²) in [5.41, 5.74) is 1.94. The van der Waals surface area contributed by atoms with Gasteiger partial charge in [-0.15, -0.1) is 5.10 Å². The highest BCUT2D eigenvalue weighted by Crippen LogP contribution is 2.29. The van der Waals surface area contributed by atoms with E-state index in [4.69, 9.17) is 4.74 Å². The second-order valence-electron chi connectivity index (χ2n) is 4.54. The Labute approximate surface area is 123 Å². The molecule has 0 amide bonds. The fourth-order valence-corrected chi connectivity index (χ4v) is 2.62. The van der Waals surface area contributed by atoms with Crippen LogP contribution in [0.25, 0.3) is 0 Å². The molecule has 20 heavy (non-hydrogen) atoms. The SMILES string of the molecule is CCCNC(c1csnn1)c1c(OC)cnn1CCC. The van der Waals surface area contributed by atoms with Crippen molar-refractivity contribution in [1.82, 2.24) is 24.7 Å². The van der Waals surface area contributed by atoms with Crippen molar-refractivity contribution in [3.63, 3.8) is 0 Å². The summed E-state index contributed by atoms with van der Waals surface area (Å²) >= 11 is 1.36. The van der Waals surface area contributed by atoms with Crippen LogP contribution in [0.4, 0.5) is 0 Å². The fourth-order valence-electron chi connectivity index (χ4n) is 2.14. The molecule has 0 aromatic carbocycles. The van der Waals surface area contributed by atoms with Crippen LogP contribution in [-0.2, 0) is 6.54 Å². The Balaban J connectivity index is 2.38. The Morgan fingerprint density at radius 1 is 1.40 bits per heavy atom. The standard InChI is InChI=1S/C13H21N5OS/c1-4-6-14-12(10-9-20-17-16-10)13-11(19-3)8-15-18(13)7-5-2/h8-9,12,14H,4-7H2,1-3H3. The average Bonchev–Trinajstić information content (AvgIpc) is 3.10. The Morgan fingerprint density at radius 2 is 2.25 bits per heavy atom. The zero-order chi connectivity index (χ0) is 14.4. The van der Waals surface area contributed by atoms with Gasteiger partial charge in [-0.05, 0) is 30.9 Å². The van der Waals surface area contributed by atoms with Crippen LogP contribution in [-0.4, -0.2) is 33.0 Å². The second-order valence-corrected chi connectivity index (χ2v) is 5.15. The molecule has 0 bridgehead atoms. The van der Waals surface area contributed by atoms with Crippen molar-refractivity contribution in [3.8, 4) is 5.75 Å². The van der Waals surface area contributed by atoms with Crippen molar-refractivity contribution < 1.29 is 4.74 Å². The van der Waals surface area contributed by atoms with E-state index in [1.165, 1.54) is 11.5 Å². The van der Waals surface area contributed by atoms with Crippen molar-refractivity contribution in [2.75, 3.05) is 13.7 Å². The van der Waals surface area contributed by atoms with E-state index in [9.17, 15) is 0 Å². The topological polar surface area (TPSA) is 64.9 Å². The molecule has 7 heteroatoms. The summed E-state index contributed by atoms with van der Waals surface area (Å²) in [6, 6.07) is -0.0299. The van der Waals surface area contributed by atoms with Crippen LogP contribution < -0.4 is 10.1 Å². The molecule has 0 saturated carbocycles. The van der Waals surface area contributed by atoms with Crippen LogP contribution in [0.15, 0.2) is 11.6 Å². The molecular formula is C13H21N5OS. The first-order valence-electron chi connectivity index (χ1n) is 6.91. The quantitative estimate of drug-likeness (QED) is 0.809. The number of nitrogens with zero attached hydrogens (tertiary/aromatic N) is 4. The first-order chi connectivity index (χ1) is 9.81. The number of rotatable bonds is 8. The van der Waals surface area contributed by atoms with E-state index >= 15 is 0 Å². The highest BCUT2D eigenvalue weighted by molar-refractivity contribution is 7.03. The predicted octanol–water partition coefficient (Wildman–Crippen LogP) is 2.24. The van der Waals surface area contributed by atoms with Gasteiger partial charge < -0.3 is 10.1 Å². The number of aryl methyl sites for hydroxylation is 1. The molecule has 1 N–H and O–H groups in total. The largest absolute Gasteiger partial charge is 0.493 e. The molecule has 1 atom stereocenters. The molecule has 2 rings (SSSR count). The number of aromatic nitrogens is 4. The van der Waals surface area contributed by atoms with Crippen LogP contribution in [0.1, 0.15) is 44.1 Å². The lowest BCUT2D eigenvalue weighted by atomic mass is 10.1. The summed E-state index contributed by atoms with van der Waals surface area (Å²) < 4.78 is 11.4. The van der Waals surface area contributed by atoms with Gasteiger partial charge in [-0.2, -0.15) is 5.10 Å². The van der Waals surface area contributed by atoms with Crippen molar-refractivity contribution in [3.05, 3.63) is 23.0 Å². The van der Waals surface area contributed by atoms with Gasteiger partial charge in [-0.3, -0.25) is 4.68 Å². The van der Waals surface area contributed by atoms with Gasteiger partial charge >= 0.3 is 0 Å². The summed E-state index contributed by atoms with van der Waals surface area (Å²) in [5.74, 6) is 0.792. The number of hydrogen-bond acceptors (Lipinski definition) is 6. The van der Waals surface area contributed by atoms with E-state index in [0.717, 1.165) is 43.1 Å². The molecular weight excluding hydrogens is 274 g/mol. The summed E-state index contributed by atoms with van der Waals surface area (Å²) in [6.07, 6.45) is 3.84. The lowest BCUT2D eigenvalue weighted by molar-refractivity contribution is 0.396. The number of ether oxygens (including phenoxy) is 1. The Bertz CT molecular complexity index is 511. The fraction of sp³-hybridized carbons (Fsp3) is 0.615. The van der Waals surface area contributed by atoms with Gasteiger partial charge in [0.2, 0.25) is 0 Å². The van der Waals surface area contributed by atoms with Crippen molar-refractivity contribution in [2.45, 2.75) is 39.3 Å². The van der Waals surface area contributed by atoms with E-state index in [2.05, 4.69) is 33.8 Å². The van der Waals surface area contributed by atoms with Crippen LogP contribution in [0.2, 0.25) is 0 Å². The molecule has 1 unspecified atom stereocenters. The number of methoxy groups -OCH3 is 1. The van der Waals surface area contributed by atoms with Gasteiger partial charge in [0.1, 0.15) is 5.69 Å².